The molecule has 6 heteroatoms. The van der Waals surface area contributed by atoms with Crippen LogP contribution < -0.4 is 5.32 Å². The Morgan fingerprint density at radius 1 is 1.39 bits per heavy atom. The van der Waals surface area contributed by atoms with E-state index < -0.39 is 0 Å². The van der Waals surface area contributed by atoms with Crippen LogP contribution in [0.2, 0.25) is 0 Å². The third kappa shape index (κ3) is 3.71. The SMILES string of the molecule is Cc1cc(CNC(=O)N2C[C@H](C)OC[C@H]2c2ccccc2)no1. The normalized spacial score (nSPS) is 21.2. The number of nitrogens with zero attached hydrogens (tertiary/aromatic N) is 2. The summed E-state index contributed by atoms with van der Waals surface area (Å²) in [6.45, 7) is 5.21. The van der Waals surface area contributed by atoms with Crippen LogP contribution in [-0.4, -0.2) is 35.3 Å². The van der Waals surface area contributed by atoms with Crippen molar-refractivity contribution in [2.75, 3.05) is 13.2 Å². The van der Waals surface area contributed by atoms with Gasteiger partial charge in [0.2, 0.25) is 0 Å². The largest absolute Gasteiger partial charge is 0.374 e. The molecule has 1 fully saturated rings. The van der Waals surface area contributed by atoms with Crippen molar-refractivity contribution in [2.45, 2.75) is 32.5 Å². The Morgan fingerprint density at radius 3 is 2.87 bits per heavy atom. The number of hydrogen-bond acceptors (Lipinski definition) is 4. The van der Waals surface area contributed by atoms with Crippen LogP contribution in [0.5, 0.6) is 0 Å². The van der Waals surface area contributed by atoms with Gasteiger partial charge in [0.25, 0.3) is 0 Å². The van der Waals surface area contributed by atoms with E-state index in [0.29, 0.717) is 25.4 Å². The number of nitrogens with one attached hydrogen (secondary N) is 1. The number of rotatable bonds is 3. The lowest BCUT2D eigenvalue weighted by Crippen LogP contribution is -2.50. The molecule has 1 aliphatic heterocycles. The molecule has 0 bridgehead atoms. The standard InChI is InChI=1S/C17H21N3O3/c1-12-8-15(19-23-12)9-18-17(21)20-10-13(2)22-11-16(20)14-6-4-3-5-7-14/h3-8,13,16H,9-11H2,1-2H3,(H,18,21)/t13-,16-/m0/s1. The molecule has 3 rings (SSSR count). The topological polar surface area (TPSA) is 67.6 Å². The minimum Gasteiger partial charge on any atom is -0.374 e. The van der Waals surface area contributed by atoms with E-state index in [1.807, 2.05) is 55.1 Å². The minimum atomic E-state index is -0.116. The highest BCUT2D eigenvalue weighted by Gasteiger charge is 2.31. The fourth-order valence-corrected chi connectivity index (χ4v) is 2.75. The summed E-state index contributed by atoms with van der Waals surface area (Å²) in [5.41, 5.74) is 1.79. The maximum atomic E-state index is 12.6. The van der Waals surface area contributed by atoms with E-state index in [2.05, 4.69) is 10.5 Å². The van der Waals surface area contributed by atoms with Crippen molar-refractivity contribution in [3.8, 4) is 0 Å². The highest BCUT2D eigenvalue weighted by Crippen LogP contribution is 2.26. The van der Waals surface area contributed by atoms with Crippen LogP contribution in [0.3, 0.4) is 0 Å². The summed E-state index contributed by atoms with van der Waals surface area (Å²) >= 11 is 0. The summed E-state index contributed by atoms with van der Waals surface area (Å²) in [5, 5.41) is 6.80. The molecule has 0 saturated carbocycles. The minimum absolute atomic E-state index is 0.0232. The molecular formula is C17H21N3O3. The van der Waals surface area contributed by atoms with E-state index in [1.54, 1.807) is 0 Å². The molecule has 1 N–H and O–H groups in total. The maximum absolute atomic E-state index is 12.6. The van der Waals surface area contributed by atoms with Gasteiger partial charge in [-0.2, -0.15) is 0 Å². The monoisotopic (exact) mass is 315 g/mol. The van der Waals surface area contributed by atoms with Crippen molar-refractivity contribution in [3.63, 3.8) is 0 Å². The molecular weight excluding hydrogens is 294 g/mol. The number of aromatic nitrogens is 1. The Balaban J connectivity index is 1.69. The number of aryl methyl sites for hydroxylation is 1. The Hall–Kier alpha value is -2.34. The second-order valence-electron chi connectivity index (χ2n) is 5.81. The van der Waals surface area contributed by atoms with Crippen LogP contribution in [0, 0.1) is 6.92 Å². The number of urea groups is 1. The number of hydrogen-bond donors (Lipinski definition) is 1. The van der Waals surface area contributed by atoms with Crippen molar-refractivity contribution in [1.82, 2.24) is 15.4 Å². The van der Waals surface area contributed by atoms with E-state index >= 15 is 0 Å². The zero-order valence-electron chi connectivity index (χ0n) is 13.4. The number of morpholine rings is 1. The van der Waals surface area contributed by atoms with E-state index in [0.717, 1.165) is 11.3 Å². The van der Waals surface area contributed by atoms with Gasteiger partial charge in [0.1, 0.15) is 11.5 Å². The lowest BCUT2D eigenvalue weighted by atomic mass is 10.0. The molecule has 1 aromatic carbocycles. The van der Waals surface area contributed by atoms with Gasteiger partial charge in [0.05, 0.1) is 25.3 Å². The molecule has 2 atom stereocenters. The number of ether oxygens (including phenoxy) is 1. The van der Waals surface area contributed by atoms with E-state index in [9.17, 15) is 4.79 Å². The van der Waals surface area contributed by atoms with Gasteiger partial charge >= 0.3 is 6.03 Å². The van der Waals surface area contributed by atoms with E-state index in [-0.39, 0.29) is 18.2 Å². The first-order chi connectivity index (χ1) is 11.1. The molecule has 0 aliphatic carbocycles. The van der Waals surface area contributed by atoms with Crippen LogP contribution >= 0.6 is 0 Å². The molecule has 6 nitrogen and oxygen atoms in total. The summed E-state index contributed by atoms with van der Waals surface area (Å²) in [5.74, 6) is 0.733. The predicted octanol–water partition coefficient (Wildman–Crippen LogP) is 2.65. The zero-order valence-corrected chi connectivity index (χ0v) is 13.4. The van der Waals surface area contributed by atoms with Gasteiger partial charge in [0, 0.05) is 12.6 Å². The van der Waals surface area contributed by atoms with Crippen molar-refractivity contribution in [2.24, 2.45) is 0 Å². The number of benzene rings is 1. The second-order valence-corrected chi connectivity index (χ2v) is 5.81. The summed E-state index contributed by atoms with van der Waals surface area (Å²) < 4.78 is 10.8. The molecule has 0 spiro atoms. The number of carbonyl (C=O) groups excluding carboxylic acids is 1. The van der Waals surface area contributed by atoms with Crippen molar-refractivity contribution in [3.05, 3.63) is 53.4 Å². The molecule has 1 aromatic heterocycles. The van der Waals surface area contributed by atoms with Gasteiger partial charge in [-0.1, -0.05) is 35.5 Å². The van der Waals surface area contributed by atoms with Crippen LogP contribution in [0.15, 0.2) is 40.9 Å². The molecule has 122 valence electrons. The first kappa shape index (κ1) is 15.6. The molecule has 0 unspecified atom stereocenters. The summed E-state index contributed by atoms with van der Waals surface area (Å²) in [6, 6.07) is 11.6. The second kappa shape index (κ2) is 6.83. The first-order valence-electron chi connectivity index (χ1n) is 7.76. The molecule has 0 radical (unpaired) electrons. The molecule has 2 amide bonds. The van der Waals surface area contributed by atoms with Gasteiger partial charge in [-0.15, -0.1) is 0 Å². The third-order valence-electron chi connectivity index (χ3n) is 3.91. The fraction of sp³-hybridized carbons (Fsp3) is 0.412. The number of amides is 2. The van der Waals surface area contributed by atoms with Crippen LogP contribution in [-0.2, 0) is 11.3 Å². The average Bonchev–Trinajstić information content (AvgIpc) is 2.99. The summed E-state index contributed by atoms with van der Waals surface area (Å²) in [6.07, 6.45) is 0.0232. The van der Waals surface area contributed by atoms with Crippen LogP contribution in [0.4, 0.5) is 4.79 Å². The van der Waals surface area contributed by atoms with E-state index in [1.165, 1.54) is 0 Å². The summed E-state index contributed by atoms with van der Waals surface area (Å²) in [7, 11) is 0. The number of carbonyl (C=O) groups is 1. The lowest BCUT2D eigenvalue weighted by Gasteiger charge is -2.38. The Labute approximate surface area is 135 Å². The zero-order chi connectivity index (χ0) is 16.2. The van der Waals surface area contributed by atoms with E-state index in [4.69, 9.17) is 9.26 Å². The highest BCUT2D eigenvalue weighted by atomic mass is 16.5. The Kier molecular flexibility index (Phi) is 4.62. The maximum Gasteiger partial charge on any atom is 0.318 e. The smallest absolute Gasteiger partial charge is 0.318 e. The van der Waals surface area contributed by atoms with Crippen molar-refractivity contribution >= 4 is 6.03 Å². The van der Waals surface area contributed by atoms with Gasteiger partial charge in [-0.25, -0.2) is 4.79 Å². The molecule has 23 heavy (non-hydrogen) atoms. The lowest BCUT2D eigenvalue weighted by molar-refractivity contribution is -0.0382. The predicted molar refractivity (Wildman–Crippen MR) is 84.8 cm³/mol. The van der Waals surface area contributed by atoms with Gasteiger partial charge in [0.15, 0.2) is 0 Å². The van der Waals surface area contributed by atoms with Crippen LogP contribution in [0.25, 0.3) is 0 Å². The van der Waals surface area contributed by atoms with Crippen LogP contribution in [0.1, 0.15) is 30.0 Å². The van der Waals surface area contributed by atoms with Crippen molar-refractivity contribution in [1.29, 1.82) is 0 Å². The Bertz CT molecular complexity index is 656. The third-order valence-corrected chi connectivity index (χ3v) is 3.91. The average molecular weight is 315 g/mol. The molecule has 1 aliphatic rings. The highest BCUT2D eigenvalue weighted by molar-refractivity contribution is 5.75. The fourth-order valence-electron chi connectivity index (χ4n) is 2.75. The molecule has 1 saturated heterocycles. The first-order valence-corrected chi connectivity index (χ1v) is 7.76. The van der Waals surface area contributed by atoms with Gasteiger partial charge in [-0.05, 0) is 19.4 Å². The molecule has 2 aromatic rings. The Morgan fingerprint density at radius 2 is 2.17 bits per heavy atom. The quantitative estimate of drug-likeness (QED) is 0.945. The van der Waals surface area contributed by atoms with Crippen molar-refractivity contribution < 1.29 is 14.1 Å². The van der Waals surface area contributed by atoms with Gasteiger partial charge < -0.3 is 19.5 Å². The summed E-state index contributed by atoms with van der Waals surface area (Å²) in [4.78, 5) is 14.4. The molecule has 2 heterocycles. The van der Waals surface area contributed by atoms with Gasteiger partial charge in [-0.3, -0.25) is 0 Å².